The van der Waals surface area contributed by atoms with E-state index in [1.807, 2.05) is 47.9 Å². The van der Waals surface area contributed by atoms with Crippen molar-refractivity contribution in [2.75, 3.05) is 0 Å². The Bertz CT molecular complexity index is 884. The molecule has 0 spiro atoms. The molecule has 1 heterocycles. The molecule has 122 valence electrons. The first kappa shape index (κ1) is 15.8. The van der Waals surface area contributed by atoms with Crippen LogP contribution in [0.4, 0.5) is 0 Å². The van der Waals surface area contributed by atoms with Gasteiger partial charge < -0.3 is 15.6 Å². The molecule has 0 aliphatic heterocycles. The number of aryl methyl sites for hydroxylation is 1. The third-order valence-electron chi connectivity index (χ3n) is 4.05. The van der Waals surface area contributed by atoms with E-state index in [4.69, 9.17) is 5.73 Å². The number of carbonyl (C=O) groups is 2. The summed E-state index contributed by atoms with van der Waals surface area (Å²) in [6.45, 7) is 2.63. The monoisotopic (exact) mass is 321 g/mol. The molecule has 3 aromatic rings. The van der Waals surface area contributed by atoms with Gasteiger partial charge in [-0.2, -0.15) is 0 Å². The quantitative estimate of drug-likeness (QED) is 0.758. The number of nitrogens with one attached hydrogen (secondary N) is 1. The van der Waals surface area contributed by atoms with Crippen molar-refractivity contribution >= 4 is 22.7 Å². The van der Waals surface area contributed by atoms with Crippen LogP contribution in [0.25, 0.3) is 10.9 Å². The smallest absolute Gasteiger partial charge is 0.268 e. The summed E-state index contributed by atoms with van der Waals surface area (Å²) >= 11 is 0. The van der Waals surface area contributed by atoms with E-state index in [-0.39, 0.29) is 5.91 Å². The van der Waals surface area contributed by atoms with Gasteiger partial charge in [0.2, 0.25) is 5.91 Å². The SMILES string of the molecule is CCn1c(C(=O)N[C@@H](C(N)=O)c2ccccc2)cc2ccccc21. The number of nitrogens with two attached hydrogens (primary N) is 1. The summed E-state index contributed by atoms with van der Waals surface area (Å²) in [7, 11) is 0. The Balaban J connectivity index is 1.95. The highest BCUT2D eigenvalue weighted by atomic mass is 16.2. The Morgan fingerprint density at radius 2 is 1.75 bits per heavy atom. The standard InChI is InChI=1S/C19H19N3O2/c1-2-22-15-11-7-6-10-14(15)12-16(22)19(24)21-17(18(20)23)13-8-4-3-5-9-13/h3-12,17H,2H2,1H3,(H2,20,23)(H,21,24)/t17-/m1/s1. The minimum atomic E-state index is -0.859. The lowest BCUT2D eigenvalue weighted by molar-refractivity contribution is -0.120. The molecule has 0 saturated heterocycles. The first-order valence-electron chi connectivity index (χ1n) is 7.85. The van der Waals surface area contributed by atoms with Gasteiger partial charge in [-0.3, -0.25) is 9.59 Å². The average molecular weight is 321 g/mol. The maximum absolute atomic E-state index is 12.7. The molecule has 5 nitrogen and oxygen atoms in total. The Labute approximate surface area is 140 Å². The Hall–Kier alpha value is -3.08. The van der Waals surface area contributed by atoms with E-state index in [2.05, 4.69) is 5.32 Å². The number of fused-ring (bicyclic) bond motifs is 1. The number of aromatic nitrogens is 1. The predicted molar refractivity (Wildman–Crippen MR) is 93.5 cm³/mol. The fourth-order valence-corrected chi connectivity index (χ4v) is 2.91. The normalized spacial score (nSPS) is 12.0. The summed E-state index contributed by atoms with van der Waals surface area (Å²) in [5.41, 5.74) is 7.65. The Kier molecular flexibility index (Phi) is 4.33. The van der Waals surface area contributed by atoms with Gasteiger partial charge in [0.1, 0.15) is 11.7 Å². The first-order valence-corrected chi connectivity index (χ1v) is 7.85. The van der Waals surface area contributed by atoms with Crippen molar-refractivity contribution in [3.8, 4) is 0 Å². The molecular weight excluding hydrogens is 302 g/mol. The zero-order valence-corrected chi connectivity index (χ0v) is 13.4. The number of amides is 2. The molecule has 2 amide bonds. The molecule has 0 saturated carbocycles. The van der Waals surface area contributed by atoms with Crippen LogP contribution in [0, 0.1) is 0 Å². The van der Waals surface area contributed by atoms with Gasteiger partial charge in [0.05, 0.1) is 0 Å². The van der Waals surface area contributed by atoms with E-state index in [1.54, 1.807) is 24.3 Å². The van der Waals surface area contributed by atoms with Gasteiger partial charge in [0.25, 0.3) is 5.91 Å². The molecule has 0 unspecified atom stereocenters. The number of benzene rings is 2. The van der Waals surface area contributed by atoms with Crippen molar-refractivity contribution < 1.29 is 9.59 Å². The van der Waals surface area contributed by atoms with Crippen molar-refractivity contribution in [1.82, 2.24) is 9.88 Å². The second-order valence-electron chi connectivity index (χ2n) is 5.55. The van der Waals surface area contributed by atoms with Crippen LogP contribution in [-0.2, 0) is 11.3 Å². The number of primary amides is 1. The lowest BCUT2D eigenvalue weighted by Gasteiger charge is -2.16. The lowest BCUT2D eigenvalue weighted by atomic mass is 10.1. The molecule has 5 heteroatoms. The first-order chi connectivity index (χ1) is 11.6. The molecule has 1 aromatic heterocycles. The largest absolute Gasteiger partial charge is 0.368 e. The van der Waals surface area contributed by atoms with Crippen molar-refractivity contribution in [2.45, 2.75) is 19.5 Å². The Morgan fingerprint density at radius 1 is 1.08 bits per heavy atom. The van der Waals surface area contributed by atoms with E-state index >= 15 is 0 Å². The third-order valence-corrected chi connectivity index (χ3v) is 4.05. The predicted octanol–water partition coefficient (Wildman–Crippen LogP) is 2.62. The summed E-state index contributed by atoms with van der Waals surface area (Å²) < 4.78 is 1.92. The highest BCUT2D eigenvalue weighted by molar-refractivity contribution is 6.00. The molecule has 2 aromatic carbocycles. The minimum Gasteiger partial charge on any atom is -0.368 e. The van der Waals surface area contributed by atoms with Gasteiger partial charge in [-0.05, 0) is 24.6 Å². The average Bonchev–Trinajstić information content (AvgIpc) is 2.98. The third kappa shape index (κ3) is 2.88. The van der Waals surface area contributed by atoms with Crippen molar-refractivity contribution in [3.63, 3.8) is 0 Å². The molecule has 0 radical (unpaired) electrons. The van der Waals surface area contributed by atoms with Crippen molar-refractivity contribution in [3.05, 3.63) is 71.9 Å². The van der Waals surface area contributed by atoms with Gasteiger partial charge in [0.15, 0.2) is 0 Å². The summed E-state index contributed by atoms with van der Waals surface area (Å²) in [5, 5.41) is 3.74. The van der Waals surface area contributed by atoms with Crippen LogP contribution in [0.15, 0.2) is 60.7 Å². The van der Waals surface area contributed by atoms with E-state index in [0.29, 0.717) is 17.8 Å². The molecule has 0 aliphatic rings. The topological polar surface area (TPSA) is 77.1 Å². The summed E-state index contributed by atoms with van der Waals surface area (Å²) in [6.07, 6.45) is 0. The fourth-order valence-electron chi connectivity index (χ4n) is 2.91. The minimum absolute atomic E-state index is 0.319. The zero-order valence-electron chi connectivity index (χ0n) is 13.4. The van der Waals surface area contributed by atoms with Gasteiger partial charge in [-0.1, -0.05) is 48.5 Å². The molecule has 24 heavy (non-hydrogen) atoms. The molecule has 0 fully saturated rings. The van der Waals surface area contributed by atoms with Gasteiger partial charge >= 0.3 is 0 Å². The summed E-state index contributed by atoms with van der Waals surface area (Å²) in [5.74, 6) is -0.908. The van der Waals surface area contributed by atoms with Crippen molar-refractivity contribution in [1.29, 1.82) is 0 Å². The number of nitrogens with zero attached hydrogens (tertiary/aromatic N) is 1. The molecule has 0 aliphatic carbocycles. The van der Waals surface area contributed by atoms with Gasteiger partial charge in [-0.15, -0.1) is 0 Å². The van der Waals surface area contributed by atoms with Crippen LogP contribution in [0.1, 0.15) is 29.0 Å². The molecular formula is C19H19N3O2. The Morgan fingerprint density at radius 3 is 2.42 bits per heavy atom. The number of para-hydroxylation sites is 1. The van der Waals surface area contributed by atoms with E-state index < -0.39 is 11.9 Å². The number of carbonyl (C=O) groups excluding carboxylic acids is 2. The van der Waals surface area contributed by atoms with E-state index in [0.717, 1.165) is 10.9 Å². The van der Waals surface area contributed by atoms with Crippen LogP contribution >= 0.6 is 0 Å². The fraction of sp³-hybridized carbons (Fsp3) is 0.158. The van der Waals surface area contributed by atoms with E-state index in [1.165, 1.54) is 0 Å². The maximum atomic E-state index is 12.7. The highest BCUT2D eigenvalue weighted by Crippen LogP contribution is 2.21. The van der Waals surface area contributed by atoms with Crippen molar-refractivity contribution in [2.24, 2.45) is 5.73 Å². The summed E-state index contributed by atoms with van der Waals surface area (Å²) in [4.78, 5) is 24.5. The lowest BCUT2D eigenvalue weighted by Crippen LogP contribution is -2.38. The van der Waals surface area contributed by atoms with Crippen LogP contribution in [-0.4, -0.2) is 16.4 Å². The second-order valence-corrected chi connectivity index (χ2v) is 5.55. The van der Waals surface area contributed by atoms with Crippen LogP contribution in [0.2, 0.25) is 0 Å². The van der Waals surface area contributed by atoms with Crippen LogP contribution in [0.5, 0.6) is 0 Å². The molecule has 3 rings (SSSR count). The van der Waals surface area contributed by atoms with Gasteiger partial charge in [0, 0.05) is 17.4 Å². The van der Waals surface area contributed by atoms with Crippen LogP contribution in [0.3, 0.4) is 0 Å². The molecule has 3 N–H and O–H groups in total. The van der Waals surface area contributed by atoms with Crippen LogP contribution < -0.4 is 11.1 Å². The van der Waals surface area contributed by atoms with E-state index in [9.17, 15) is 9.59 Å². The van der Waals surface area contributed by atoms with Gasteiger partial charge in [-0.25, -0.2) is 0 Å². The second kappa shape index (κ2) is 6.58. The number of rotatable bonds is 5. The maximum Gasteiger partial charge on any atom is 0.268 e. The number of hydrogen-bond acceptors (Lipinski definition) is 2. The molecule has 1 atom stereocenters. The highest BCUT2D eigenvalue weighted by Gasteiger charge is 2.23. The summed E-state index contributed by atoms with van der Waals surface area (Å²) in [6, 6.07) is 17.8. The number of hydrogen-bond donors (Lipinski definition) is 2. The zero-order chi connectivity index (χ0) is 17.1. The molecule has 0 bridgehead atoms.